The van der Waals surface area contributed by atoms with Gasteiger partial charge in [-0.2, -0.15) is 0 Å². The van der Waals surface area contributed by atoms with Crippen molar-refractivity contribution < 1.29 is 39.0 Å². The molecular weight excluding hydrogens is 488 g/mol. The molecular formula is C23H34N6O8. The SMILES string of the molecule is CCC(C)C(NC(=O)C(N)Cc1ccc(O)cc1)C(=O)NC(CC(N)=O)C(=O)NC(CC(N)=O)C(=O)O. The second-order valence-electron chi connectivity index (χ2n) is 8.65. The van der Waals surface area contributed by atoms with Crippen LogP contribution in [0.2, 0.25) is 0 Å². The van der Waals surface area contributed by atoms with E-state index in [-0.39, 0.29) is 12.2 Å². The van der Waals surface area contributed by atoms with E-state index < -0.39 is 78.4 Å². The predicted octanol–water partition coefficient (Wildman–Crippen LogP) is -2.40. The van der Waals surface area contributed by atoms with Crippen LogP contribution in [0, 0.1) is 5.92 Å². The number of carbonyl (C=O) groups is 6. The third kappa shape index (κ3) is 10.5. The van der Waals surface area contributed by atoms with Crippen molar-refractivity contribution in [1.82, 2.24) is 16.0 Å². The maximum atomic E-state index is 13.1. The molecule has 0 bridgehead atoms. The first-order valence-electron chi connectivity index (χ1n) is 11.5. The fourth-order valence-corrected chi connectivity index (χ4v) is 3.29. The number of phenolic OH excluding ortho intramolecular Hbond substituents is 1. The van der Waals surface area contributed by atoms with E-state index in [1.807, 2.05) is 5.32 Å². The Balaban J connectivity index is 3.01. The van der Waals surface area contributed by atoms with Gasteiger partial charge in [0.15, 0.2) is 0 Å². The van der Waals surface area contributed by atoms with Crippen LogP contribution in [0.5, 0.6) is 5.75 Å². The number of carboxylic acid groups (broad SMARTS) is 1. The molecule has 1 aromatic rings. The molecule has 0 fully saturated rings. The molecule has 0 aliphatic rings. The number of primary amides is 2. The number of phenols is 1. The molecule has 5 unspecified atom stereocenters. The van der Waals surface area contributed by atoms with E-state index in [0.29, 0.717) is 12.0 Å². The summed E-state index contributed by atoms with van der Waals surface area (Å²) < 4.78 is 0. The van der Waals surface area contributed by atoms with Gasteiger partial charge in [0.2, 0.25) is 29.5 Å². The first-order valence-corrected chi connectivity index (χ1v) is 11.5. The average Bonchev–Trinajstić information content (AvgIpc) is 2.81. The summed E-state index contributed by atoms with van der Waals surface area (Å²) in [6.07, 6.45) is -0.840. The fraction of sp³-hybridized carbons (Fsp3) is 0.478. The number of hydrogen-bond donors (Lipinski definition) is 8. The van der Waals surface area contributed by atoms with Crippen LogP contribution in [-0.4, -0.2) is 69.9 Å². The van der Waals surface area contributed by atoms with Crippen LogP contribution in [-0.2, 0) is 35.2 Å². The van der Waals surface area contributed by atoms with Crippen LogP contribution in [0.1, 0.15) is 38.7 Å². The lowest BCUT2D eigenvalue weighted by Crippen LogP contribution is -2.59. The van der Waals surface area contributed by atoms with Crippen molar-refractivity contribution in [2.24, 2.45) is 23.1 Å². The minimum Gasteiger partial charge on any atom is -0.508 e. The number of aliphatic carboxylic acids is 1. The fourth-order valence-electron chi connectivity index (χ4n) is 3.29. The molecule has 0 spiro atoms. The molecule has 0 saturated carbocycles. The second-order valence-corrected chi connectivity index (χ2v) is 8.65. The van der Waals surface area contributed by atoms with Crippen LogP contribution in [0.25, 0.3) is 0 Å². The lowest BCUT2D eigenvalue weighted by molar-refractivity contribution is -0.144. The normalized spacial score (nSPS) is 14.8. The standard InChI is InChI=1S/C23H34N6O8/c1-3-11(2)19(29-20(33)14(24)8-12-4-6-13(30)7-5-12)22(35)27-15(9-17(25)31)21(34)28-16(23(36)37)10-18(26)32/h4-7,11,14-16,19,30H,3,8-10,24H2,1-2H3,(H2,25,31)(H2,26,32)(H,27,35)(H,28,34)(H,29,33)(H,36,37). The molecule has 1 rings (SSSR count). The predicted molar refractivity (Wildman–Crippen MR) is 130 cm³/mol. The third-order valence-electron chi connectivity index (χ3n) is 5.58. The van der Waals surface area contributed by atoms with E-state index in [9.17, 15) is 39.0 Å². The van der Waals surface area contributed by atoms with Gasteiger partial charge in [0, 0.05) is 0 Å². The van der Waals surface area contributed by atoms with E-state index in [0.717, 1.165) is 0 Å². The Labute approximate surface area is 213 Å². The van der Waals surface area contributed by atoms with Gasteiger partial charge in [0.05, 0.1) is 18.9 Å². The van der Waals surface area contributed by atoms with E-state index >= 15 is 0 Å². The molecule has 0 aromatic heterocycles. The minimum absolute atomic E-state index is 0.0501. The van der Waals surface area contributed by atoms with Gasteiger partial charge in [-0.1, -0.05) is 32.4 Å². The van der Waals surface area contributed by atoms with Crippen molar-refractivity contribution in [3.8, 4) is 5.75 Å². The molecule has 14 heteroatoms. The van der Waals surface area contributed by atoms with Crippen LogP contribution in [0.4, 0.5) is 0 Å². The Kier molecular flexibility index (Phi) is 12.0. The maximum absolute atomic E-state index is 13.1. The average molecular weight is 523 g/mol. The molecule has 0 heterocycles. The van der Waals surface area contributed by atoms with Crippen molar-refractivity contribution in [2.75, 3.05) is 0 Å². The summed E-state index contributed by atoms with van der Waals surface area (Å²) in [5.74, 6) is -6.46. The zero-order chi connectivity index (χ0) is 28.3. The molecule has 0 saturated heterocycles. The summed E-state index contributed by atoms with van der Waals surface area (Å²) in [6, 6.07) is 0.587. The maximum Gasteiger partial charge on any atom is 0.326 e. The van der Waals surface area contributed by atoms with Crippen molar-refractivity contribution in [3.05, 3.63) is 29.8 Å². The Morgan fingerprint density at radius 1 is 0.838 bits per heavy atom. The number of carboxylic acids is 1. The number of benzene rings is 1. The zero-order valence-corrected chi connectivity index (χ0v) is 20.6. The number of amides is 5. The Bertz CT molecular complexity index is 999. The Morgan fingerprint density at radius 2 is 1.35 bits per heavy atom. The summed E-state index contributed by atoms with van der Waals surface area (Å²) >= 11 is 0. The highest BCUT2D eigenvalue weighted by Gasteiger charge is 2.33. The molecule has 5 amide bonds. The smallest absolute Gasteiger partial charge is 0.326 e. The van der Waals surface area contributed by atoms with Crippen molar-refractivity contribution >= 4 is 35.5 Å². The highest BCUT2D eigenvalue weighted by Crippen LogP contribution is 2.12. The number of rotatable bonds is 15. The topological polar surface area (TPSA) is 257 Å². The van der Waals surface area contributed by atoms with E-state index in [1.165, 1.54) is 12.1 Å². The summed E-state index contributed by atoms with van der Waals surface area (Å²) in [6.45, 7) is 3.44. The van der Waals surface area contributed by atoms with E-state index in [1.54, 1.807) is 26.0 Å². The number of nitrogens with one attached hydrogen (secondary N) is 3. The van der Waals surface area contributed by atoms with Crippen LogP contribution in [0.15, 0.2) is 24.3 Å². The minimum atomic E-state index is -1.69. The van der Waals surface area contributed by atoms with Gasteiger partial charge in [-0.3, -0.25) is 24.0 Å². The van der Waals surface area contributed by atoms with Crippen LogP contribution in [0.3, 0.4) is 0 Å². The van der Waals surface area contributed by atoms with Crippen molar-refractivity contribution in [2.45, 2.75) is 63.7 Å². The largest absolute Gasteiger partial charge is 0.508 e. The lowest BCUT2D eigenvalue weighted by atomic mass is 9.96. The molecule has 204 valence electrons. The monoisotopic (exact) mass is 522 g/mol. The van der Waals surface area contributed by atoms with Gasteiger partial charge in [-0.15, -0.1) is 0 Å². The third-order valence-corrected chi connectivity index (χ3v) is 5.58. The van der Waals surface area contributed by atoms with E-state index in [4.69, 9.17) is 17.2 Å². The summed E-state index contributed by atoms with van der Waals surface area (Å²) in [4.78, 5) is 72.4. The van der Waals surface area contributed by atoms with Gasteiger partial charge in [-0.05, 0) is 30.0 Å². The van der Waals surface area contributed by atoms with Crippen LogP contribution >= 0.6 is 0 Å². The number of nitrogens with two attached hydrogens (primary N) is 3. The van der Waals surface area contributed by atoms with Gasteiger partial charge in [-0.25, -0.2) is 4.79 Å². The molecule has 0 radical (unpaired) electrons. The molecule has 1 aromatic carbocycles. The highest BCUT2D eigenvalue weighted by molar-refractivity contribution is 5.96. The number of carbonyl (C=O) groups excluding carboxylic acids is 5. The Hall–Kier alpha value is -4.20. The molecule has 5 atom stereocenters. The Morgan fingerprint density at radius 3 is 1.84 bits per heavy atom. The van der Waals surface area contributed by atoms with Crippen LogP contribution < -0.4 is 33.2 Å². The van der Waals surface area contributed by atoms with Gasteiger partial charge >= 0.3 is 5.97 Å². The summed E-state index contributed by atoms with van der Waals surface area (Å²) in [5.41, 5.74) is 16.8. The molecule has 0 aliphatic heterocycles. The number of aromatic hydroxyl groups is 1. The quantitative estimate of drug-likeness (QED) is 0.122. The van der Waals surface area contributed by atoms with Gasteiger partial charge in [0.1, 0.15) is 23.9 Å². The number of hydrogen-bond acceptors (Lipinski definition) is 8. The molecule has 14 nitrogen and oxygen atoms in total. The first-order chi connectivity index (χ1) is 17.2. The van der Waals surface area contributed by atoms with E-state index in [2.05, 4.69) is 10.6 Å². The van der Waals surface area contributed by atoms with Crippen molar-refractivity contribution in [3.63, 3.8) is 0 Å². The summed E-state index contributed by atoms with van der Waals surface area (Å²) in [7, 11) is 0. The van der Waals surface area contributed by atoms with Gasteiger partial charge < -0.3 is 43.4 Å². The zero-order valence-electron chi connectivity index (χ0n) is 20.6. The lowest BCUT2D eigenvalue weighted by Gasteiger charge is -2.27. The molecule has 0 aliphatic carbocycles. The second kappa shape index (κ2) is 14.4. The summed E-state index contributed by atoms with van der Waals surface area (Å²) in [5, 5.41) is 25.5. The van der Waals surface area contributed by atoms with Gasteiger partial charge in [0.25, 0.3) is 0 Å². The van der Waals surface area contributed by atoms with Crippen molar-refractivity contribution in [1.29, 1.82) is 0 Å². The molecule has 37 heavy (non-hydrogen) atoms. The highest BCUT2D eigenvalue weighted by atomic mass is 16.4. The first kappa shape index (κ1) is 30.8. The molecule has 11 N–H and O–H groups in total.